The summed E-state index contributed by atoms with van der Waals surface area (Å²) in [5.74, 6) is -0.591. The van der Waals surface area contributed by atoms with Crippen LogP contribution in [0, 0.1) is 0 Å². The largest absolute Gasteiger partial charge is 0.508 e. The maximum absolute atomic E-state index is 10.7. The monoisotopic (exact) mass is 220 g/mol. The van der Waals surface area contributed by atoms with Gasteiger partial charge in [-0.15, -0.1) is 0 Å². The van der Waals surface area contributed by atoms with Crippen molar-refractivity contribution < 1.29 is 15.0 Å². The molecule has 0 aliphatic heterocycles. The number of benzene rings is 1. The number of hydrogen-bond donors (Lipinski definition) is 2. The fourth-order valence-electron chi connectivity index (χ4n) is 1.54. The number of phenolic OH excluding ortho intramolecular Hbond substituents is 1. The highest BCUT2D eigenvalue weighted by Crippen LogP contribution is 2.24. The summed E-state index contributed by atoms with van der Waals surface area (Å²) in [6.07, 6.45) is 2.57. The summed E-state index contributed by atoms with van der Waals surface area (Å²) >= 11 is 0. The van der Waals surface area contributed by atoms with Crippen molar-refractivity contribution in [1.29, 1.82) is 0 Å². The summed E-state index contributed by atoms with van der Waals surface area (Å²) in [5, 5.41) is 18.0. The van der Waals surface area contributed by atoms with Crippen LogP contribution in [0.2, 0.25) is 0 Å². The maximum atomic E-state index is 10.7. The fraction of sp³-hybridized carbons (Fsp3) is 0.308. The first kappa shape index (κ1) is 12.3. The average molecular weight is 220 g/mol. The Morgan fingerprint density at radius 1 is 1.38 bits per heavy atom. The number of carbonyl (C=O) groups is 1. The van der Waals surface area contributed by atoms with Gasteiger partial charge in [0.1, 0.15) is 5.75 Å². The van der Waals surface area contributed by atoms with E-state index in [0.29, 0.717) is 5.57 Å². The zero-order valence-electron chi connectivity index (χ0n) is 9.47. The summed E-state index contributed by atoms with van der Waals surface area (Å²) in [6, 6.07) is 6.86. The number of phenols is 1. The quantitative estimate of drug-likeness (QED) is 0.767. The van der Waals surface area contributed by atoms with E-state index in [0.717, 1.165) is 12.0 Å². The molecule has 0 saturated carbocycles. The van der Waals surface area contributed by atoms with E-state index < -0.39 is 5.97 Å². The molecule has 0 heterocycles. The predicted octanol–water partition coefficient (Wildman–Crippen LogP) is 2.92. The second-order valence-corrected chi connectivity index (χ2v) is 3.76. The molecule has 0 radical (unpaired) electrons. The summed E-state index contributed by atoms with van der Waals surface area (Å²) < 4.78 is 0. The normalized spacial score (nSPS) is 13.5. The van der Waals surface area contributed by atoms with Crippen molar-refractivity contribution in [3.63, 3.8) is 0 Å². The van der Waals surface area contributed by atoms with E-state index >= 15 is 0 Å². The highest BCUT2D eigenvalue weighted by molar-refractivity contribution is 5.85. The fourth-order valence-corrected chi connectivity index (χ4v) is 1.54. The van der Waals surface area contributed by atoms with Crippen LogP contribution in [0.5, 0.6) is 5.75 Å². The summed E-state index contributed by atoms with van der Waals surface area (Å²) in [5.41, 5.74) is 1.36. The second-order valence-electron chi connectivity index (χ2n) is 3.76. The molecule has 0 bridgehead atoms. The zero-order valence-corrected chi connectivity index (χ0v) is 9.47. The van der Waals surface area contributed by atoms with Gasteiger partial charge in [-0.3, -0.25) is 0 Å². The molecule has 16 heavy (non-hydrogen) atoms. The van der Waals surface area contributed by atoms with Gasteiger partial charge in [-0.05, 0) is 31.0 Å². The molecule has 86 valence electrons. The molecular weight excluding hydrogens is 204 g/mol. The van der Waals surface area contributed by atoms with Crippen LogP contribution in [-0.2, 0) is 4.79 Å². The van der Waals surface area contributed by atoms with Crippen LogP contribution in [0.1, 0.15) is 31.7 Å². The smallest absolute Gasteiger partial charge is 0.330 e. The van der Waals surface area contributed by atoms with Gasteiger partial charge < -0.3 is 10.2 Å². The van der Waals surface area contributed by atoms with E-state index in [2.05, 4.69) is 0 Å². The maximum Gasteiger partial charge on any atom is 0.330 e. The second kappa shape index (κ2) is 5.35. The average Bonchev–Trinajstić information content (AvgIpc) is 2.26. The summed E-state index contributed by atoms with van der Waals surface area (Å²) in [7, 11) is 0. The standard InChI is InChI=1S/C13H16O3/c1-3-10(8-9(2)13(15)16)11-4-6-12(14)7-5-11/h4-8,10,14H,3H2,1-2H3,(H,15,16). The molecule has 1 rings (SSSR count). The van der Waals surface area contributed by atoms with Gasteiger partial charge in [0.25, 0.3) is 0 Å². The van der Waals surface area contributed by atoms with Crippen LogP contribution in [-0.4, -0.2) is 16.2 Å². The molecule has 1 aromatic rings. The number of carboxylic acid groups (broad SMARTS) is 1. The lowest BCUT2D eigenvalue weighted by atomic mass is 9.94. The summed E-state index contributed by atoms with van der Waals surface area (Å²) in [6.45, 7) is 3.59. The lowest BCUT2D eigenvalue weighted by Gasteiger charge is -2.11. The van der Waals surface area contributed by atoms with Crippen molar-refractivity contribution in [3.05, 3.63) is 41.5 Å². The Hall–Kier alpha value is -1.77. The Morgan fingerprint density at radius 3 is 2.38 bits per heavy atom. The molecule has 0 spiro atoms. The zero-order chi connectivity index (χ0) is 12.1. The Labute approximate surface area is 95.0 Å². The first-order valence-corrected chi connectivity index (χ1v) is 5.25. The lowest BCUT2D eigenvalue weighted by Crippen LogP contribution is -2.00. The minimum absolute atomic E-state index is 0.0803. The van der Waals surface area contributed by atoms with Crippen LogP contribution in [0.15, 0.2) is 35.9 Å². The third-order valence-corrected chi connectivity index (χ3v) is 2.55. The van der Waals surface area contributed by atoms with Crippen molar-refractivity contribution in [1.82, 2.24) is 0 Å². The highest BCUT2D eigenvalue weighted by Gasteiger charge is 2.09. The van der Waals surface area contributed by atoms with Gasteiger partial charge in [0.15, 0.2) is 0 Å². The molecule has 3 heteroatoms. The van der Waals surface area contributed by atoms with Crippen molar-refractivity contribution in [2.75, 3.05) is 0 Å². The van der Waals surface area contributed by atoms with Gasteiger partial charge in [-0.1, -0.05) is 25.1 Å². The number of aromatic hydroxyl groups is 1. The number of hydrogen-bond acceptors (Lipinski definition) is 2. The topological polar surface area (TPSA) is 57.5 Å². The van der Waals surface area contributed by atoms with Crippen LogP contribution in [0.3, 0.4) is 0 Å². The third-order valence-electron chi connectivity index (χ3n) is 2.55. The first-order chi connectivity index (χ1) is 7.54. The molecule has 1 atom stereocenters. The lowest BCUT2D eigenvalue weighted by molar-refractivity contribution is -0.132. The van der Waals surface area contributed by atoms with Gasteiger partial charge in [0, 0.05) is 11.5 Å². The van der Waals surface area contributed by atoms with Crippen molar-refractivity contribution in [3.8, 4) is 5.75 Å². The van der Waals surface area contributed by atoms with Gasteiger partial charge in [-0.2, -0.15) is 0 Å². The molecule has 1 unspecified atom stereocenters. The van der Waals surface area contributed by atoms with Crippen LogP contribution in [0.4, 0.5) is 0 Å². The van der Waals surface area contributed by atoms with Gasteiger partial charge in [0.2, 0.25) is 0 Å². The van der Waals surface area contributed by atoms with Crippen LogP contribution >= 0.6 is 0 Å². The number of aliphatic carboxylic acids is 1. The minimum Gasteiger partial charge on any atom is -0.508 e. The van der Waals surface area contributed by atoms with Crippen LogP contribution < -0.4 is 0 Å². The molecule has 2 N–H and O–H groups in total. The Kier molecular flexibility index (Phi) is 4.11. The van der Waals surface area contributed by atoms with Crippen molar-refractivity contribution in [2.24, 2.45) is 0 Å². The third kappa shape index (κ3) is 3.12. The van der Waals surface area contributed by atoms with Crippen LogP contribution in [0.25, 0.3) is 0 Å². The molecule has 0 aliphatic carbocycles. The molecule has 1 aromatic carbocycles. The van der Waals surface area contributed by atoms with Gasteiger partial charge in [-0.25, -0.2) is 4.79 Å². The van der Waals surface area contributed by atoms with Gasteiger partial charge in [0.05, 0.1) is 0 Å². The van der Waals surface area contributed by atoms with Gasteiger partial charge >= 0.3 is 5.97 Å². The van der Waals surface area contributed by atoms with Crippen molar-refractivity contribution >= 4 is 5.97 Å². The molecule has 0 saturated heterocycles. The van der Waals surface area contributed by atoms with E-state index in [-0.39, 0.29) is 11.7 Å². The van der Waals surface area contributed by atoms with E-state index in [1.54, 1.807) is 25.1 Å². The van der Waals surface area contributed by atoms with E-state index in [1.165, 1.54) is 0 Å². The first-order valence-electron chi connectivity index (χ1n) is 5.25. The number of carboxylic acids is 1. The molecule has 0 aliphatic rings. The van der Waals surface area contributed by atoms with E-state index in [9.17, 15) is 9.90 Å². The number of rotatable bonds is 4. The SMILES string of the molecule is CCC(C=C(C)C(=O)O)c1ccc(O)cc1. The molecular formula is C13H16O3. The molecule has 0 fully saturated rings. The summed E-state index contributed by atoms with van der Waals surface area (Å²) in [4.78, 5) is 10.7. The van der Waals surface area contributed by atoms with E-state index in [4.69, 9.17) is 5.11 Å². The Bertz CT molecular complexity index is 390. The Balaban J connectivity index is 2.95. The van der Waals surface area contributed by atoms with E-state index in [1.807, 2.05) is 19.1 Å². The molecule has 3 nitrogen and oxygen atoms in total. The minimum atomic E-state index is -0.891. The van der Waals surface area contributed by atoms with Crippen molar-refractivity contribution in [2.45, 2.75) is 26.2 Å². The molecule has 0 amide bonds. The highest BCUT2D eigenvalue weighted by atomic mass is 16.4. The Morgan fingerprint density at radius 2 is 1.94 bits per heavy atom. The molecule has 0 aromatic heterocycles. The predicted molar refractivity (Wildman–Crippen MR) is 62.5 cm³/mol. The number of allylic oxidation sites excluding steroid dienone is 1.